The summed E-state index contributed by atoms with van der Waals surface area (Å²) in [6.45, 7) is 13.6. The predicted molar refractivity (Wildman–Crippen MR) is 230 cm³/mol. The summed E-state index contributed by atoms with van der Waals surface area (Å²) in [6.07, 6.45) is 18.3. The lowest BCUT2D eigenvalue weighted by atomic mass is 9.81. The van der Waals surface area contributed by atoms with Crippen molar-refractivity contribution in [2.24, 2.45) is 5.92 Å². The summed E-state index contributed by atoms with van der Waals surface area (Å²) in [6, 6.07) is 2.02. The number of methoxy groups -OCH3 is 2. The SMILES string of the molecule is C=CC(=O)NC1CC(N2CCN(CC)CC2C2CCCCCC2)CCC1N(CCCCCC)c1ncc2c(n1)N(C)C(=O)N(c1c(Cl)c(OC)cc(OC)c1Cl)C2. The summed E-state index contributed by atoms with van der Waals surface area (Å²) >= 11 is 13.5. The van der Waals surface area contributed by atoms with Crippen LogP contribution in [0.2, 0.25) is 10.0 Å². The van der Waals surface area contributed by atoms with Crippen molar-refractivity contribution in [1.82, 2.24) is 25.1 Å². The molecule has 1 N–H and O–H groups in total. The third kappa shape index (κ3) is 9.61. The van der Waals surface area contributed by atoms with Crippen molar-refractivity contribution >= 4 is 52.6 Å². The highest BCUT2D eigenvalue weighted by Crippen LogP contribution is 2.48. The monoisotopic (exact) mass is 826 g/mol. The van der Waals surface area contributed by atoms with Gasteiger partial charge >= 0.3 is 6.03 Å². The minimum Gasteiger partial charge on any atom is -0.495 e. The molecule has 2 aliphatic heterocycles. The second kappa shape index (κ2) is 20.1. The molecule has 57 heavy (non-hydrogen) atoms. The highest BCUT2D eigenvalue weighted by Gasteiger charge is 2.43. The van der Waals surface area contributed by atoms with Gasteiger partial charge in [-0.3, -0.25) is 19.5 Å². The van der Waals surface area contributed by atoms with Gasteiger partial charge in [0.25, 0.3) is 0 Å². The summed E-state index contributed by atoms with van der Waals surface area (Å²) in [5.74, 6) is 2.34. The van der Waals surface area contributed by atoms with E-state index in [-0.39, 0.29) is 40.6 Å². The molecule has 1 saturated heterocycles. The molecule has 2 aromatic rings. The number of anilines is 3. The number of hydrogen-bond donors (Lipinski definition) is 1. The van der Waals surface area contributed by atoms with Crippen LogP contribution in [0.5, 0.6) is 11.5 Å². The zero-order chi connectivity index (χ0) is 40.6. The number of nitrogens with one attached hydrogen (secondary N) is 1. The molecule has 14 heteroatoms. The first-order valence-electron chi connectivity index (χ1n) is 21.3. The van der Waals surface area contributed by atoms with Crippen LogP contribution in [0.25, 0.3) is 0 Å². The number of aromatic nitrogens is 2. The number of unbranched alkanes of at least 4 members (excludes halogenated alkanes) is 3. The van der Waals surface area contributed by atoms with E-state index in [0.717, 1.165) is 83.2 Å². The quantitative estimate of drug-likeness (QED) is 0.108. The fourth-order valence-corrected chi connectivity index (χ4v) is 10.5. The zero-order valence-corrected chi connectivity index (χ0v) is 36.3. The van der Waals surface area contributed by atoms with Crippen LogP contribution in [0, 0.1) is 5.92 Å². The highest BCUT2D eigenvalue weighted by atomic mass is 35.5. The molecule has 1 aromatic heterocycles. The molecule has 0 radical (unpaired) electrons. The Morgan fingerprint density at radius 3 is 2.39 bits per heavy atom. The van der Waals surface area contributed by atoms with Gasteiger partial charge in [0.15, 0.2) is 0 Å². The number of hydrogen-bond acceptors (Lipinski definition) is 9. The van der Waals surface area contributed by atoms with E-state index >= 15 is 0 Å². The van der Waals surface area contributed by atoms with Gasteiger partial charge in [0, 0.05) is 63.1 Å². The van der Waals surface area contributed by atoms with E-state index in [4.69, 9.17) is 42.6 Å². The first-order chi connectivity index (χ1) is 27.6. The van der Waals surface area contributed by atoms with Gasteiger partial charge in [-0.2, -0.15) is 4.98 Å². The maximum absolute atomic E-state index is 14.1. The number of carbonyl (C=O) groups excluding carboxylic acids is 2. The Bertz CT molecular complexity index is 1680. The van der Waals surface area contributed by atoms with Gasteiger partial charge in [-0.15, -0.1) is 0 Å². The largest absolute Gasteiger partial charge is 0.495 e. The molecular formula is C43H64Cl2N8O4. The Hall–Kier alpha value is -3.32. The number of halogens is 2. The maximum atomic E-state index is 14.1. The molecule has 4 unspecified atom stereocenters. The van der Waals surface area contributed by atoms with E-state index in [9.17, 15) is 9.59 Å². The topological polar surface area (TPSA) is 107 Å². The highest BCUT2D eigenvalue weighted by molar-refractivity contribution is 6.42. The Kier molecular flexibility index (Phi) is 15.3. The van der Waals surface area contributed by atoms with Crippen LogP contribution in [0.3, 0.4) is 0 Å². The summed E-state index contributed by atoms with van der Waals surface area (Å²) in [5.41, 5.74) is 1.05. The Morgan fingerprint density at radius 2 is 1.74 bits per heavy atom. The maximum Gasteiger partial charge on any atom is 0.330 e. The third-order valence-electron chi connectivity index (χ3n) is 12.9. The first-order valence-corrected chi connectivity index (χ1v) is 22.1. The molecule has 314 valence electrons. The molecule has 2 aliphatic carbocycles. The van der Waals surface area contributed by atoms with Gasteiger partial charge in [0.1, 0.15) is 27.4 Å². The molecular weight excluding hydrogens is 763 g/mol. The number of benzene rings is 1. The van der Waals surface area contributed by atoms with Crippen LogP contribution in [-0.4, -0.2) is 110 Å². The van der Waals surface area contributed by atoms with E-state index < -0.39 is 0 Å². The molecule has 6 rings (SSSR count). The van der Waals surface area contributed by atoms with Crippen molar-refractivity contribution in [3.8, 4) is 11.5 Å². The predicted octanol–water partition coefficient (Wildman–Crippen LogP) is 8.33. The lowest BCUT2D eigenvalue weighted by Crippen LogP contribution is -2.63. The molecule has 0 spiro atoms. The lowest BCUT2D eigenvalue weighted by Gasteiger charge is -2.52. The number of carbonyl (C=O) groups is 2. The number of piperazine rings is 1. The Morgan fingerprint density at radius 1 is 1.02 bits per heavy atom. The standard InChI is InChI=1S/C43H64Cl2N8O4/c1-7-10-11-16-21-52(42-46-26-30-27-53(43(55)49(4)41(30)48-42)40-38(44)35(56-5)25-36(57-6)39(40)45)33-20-19-31(24-32(33)47-37(54)8-2)51-23-22-50(9-3)28-34(51)29-17-14-12-13-15-18-29/h8,25-26,29,31-34H,2,7,9-24,27-28H2,1,3-6H3,(H,47,54). The molecule has 1 aromatic carbocycles. The van der Waals surface area contributed by atoms with Gasteiger partial charge in [0.2, 0.25) is 11.9 Å². The molecule has 3 fully saturated rings. The second-order valence-electron chi connectivity index (χ2n) is 16.3. The number of nitrogens with zero attached hydrogens (tertiary/aromatic N) is 7. The van der Waals surface area contributed by atoms with Gasteiger partial charge < -0.3 is 24.6 Å². The summed E-state index contributed by atoms with van der Waals surface area (Å²) in [4.78, 5) is 48.2. The fraction of sp³-hybridized carbons (Fsp3) is 0.674. The second-order valence-corrected chi connectivity index (χ2v) is 17.0. The van der Waals surface area contributed by atoms with Gasteiger partial charge in [0.05, 0.1) is 38.5 Å². The Balaban J connectivity index is 1.30. The third-order valence-corrected chi connectivity index (χ3v) is 13.7. The van der Waals surface area contributed by atoms with Crippen LogP contribution in [0.15, 0.2) is 24.9 Å². The minimum atomic E-state index is -0.344. The average Bonchev–Trinajstić information content (AvgIpc) is 3.52. The average molecular weight is 828 g/mol. The van der Waals surface area contributed by atoms with Crippen LogP contribution in [0.1, 0.15) is 103 Å². The zero-order valence-electron chi connectivity index (χ0n) is 34.8. The number of ether oxygens (including phenoxy) is 2. The van der Waals surface area contributed by atoms with Crippen LogP contribution in [0.4, 0.5) is 22.2 Å². The number of rotatable bonds is 15. The number of likely N-dealkylation sites (N-methyl/N-ethyl adjacent to an activating group) is 1. The van der Waals surface area contributed by atoms with Gasteiger partial charge in [-0.1, -0.05) is 88.6 Å². The van der Waals surface area contributed by atoms with E-state index in [0.29, 0.717) is 47.0 Å². The van der Waals surface area contributed by atoms with E-state index in [1.807, 2.05) is 0 Å². The van der Waals surface area contributed by atoms with Crippen molar-refractivity contribution in [3.05, 3.63) is 40.5 Å². The minimum absolute atomic E-state index is 0.0268. The normalized spacial score (nSPS) is 23.8. The summed E-state index contributed by atoms with van der Waals surface area (Å²) < 4.78 is 11.0. The molecule has 4 atom stereocenters. The van der Waals surface area contributed by atoms with Crippen molar-refractivity contribution in [1.29, 1.82) is 0 Å². The van der Waals surface area contributed by atoms with Crippen molar-refractivity contribution < 1.29 is 19.1 Å². The molecule has 12 nitrogen and oxygen atoms in total. The number of amides is 3. The van der Waals surface area contributed by atoms with Gasteiger partial charge in [-0.05, 0) is 57.1 Å². The van der Waals surface area contributed by atoms with Crippen LogP contribution >= 0.6 is 23.2 Å². The van der Waals surface area contributed by atoms with Crippen molar-refractivity contribution in [2.45, 2.75) is 128 Å². The lowest BCUT2D eigenvalue weighted by molar-refractivity contribution is -0.117. The number of fused-ring (bicyclic) bond motifs is 1. The van der Waals surface area contributed by atoms with Gasteiger partial charge in [-0.25, -0.2) is 9.78 Å². The Labute approximate surface area is 350 Å². The molecule has 2 saturated carbocycles. The molecule has 3 amide bonds. The number of urea groups is 1. The fourth-order valence-electron chi connectivity index (χ4n) is 9.79. The smallest absolute Gasteiger partial charge is 0.330 e. The molecule has 3 heterocycles. The van der Waals surface area contributed by atoms with Crippen LogP contribution < -0.4 is 29.5 Å². The summed E-state index contributed by atoms with van der Waals surface area (Å²) in [5, 5.41) is 3.80. The first kappa shape index (κ1) is 43.3. The molecule has 0 bridgehead atoms. The van der Waals surface area contributed by atoms with Crippen molar-refractivity contribution in [2.75, 3.05) is 68.7 Å². The molecule has 4 aliphatic rings. The van der Waals surface area contributed by atoms with E-state index in [1.165, 1.54) is 68.6 Å². The van der Waals surface area contributed by atoms with E-state index in [1.54, 1.807) is 19.3 Å². The van der Waals surface area contributed by atoms with E-state index in [2.05, 4.69) is 40.4 Å². The summed E-state index contributed by atoms with van der Waals surface area (Å²) in [7, 11) is 4.71. The van der Waals surface area contributed by atoms with Crippen molar-refractivity contribution in [3.63, 3.8) is 0 Å². The van der Waals surface area contributed by atoms with Crippen LogP contribution in [-0.2, 0) is 11.3 Å².